The molecule has 0 bridgehead atoms. The molecule has 4 heteroatoms. The second kappa shape index (κ2) is 3.04. The van der Waals surface area contributed by atoms with Crippen molar-refractivity contribution in [1.29, 1.82) is 5.26 Å². The van der Waals surface area contributed by atoms with Crippen molar-refractivity contribution in [2.75, 3.05) is 18.0 Å². The van der Waals surface area contributed by atoms with Gasteiger partial charge in [0.2, 0.25) is 0 Å². The molecular weight excluding hydrogens is 164 g/mol. The van der Waals surface area contributed by atoms with E-state index in [2.05, 4.69) is 16.0 Å². The second-order valence-corrected chi connectivity index (χ2v) is 3.18. The molecule has 13 heavy (non-hydrogen) atoms. The highest BCUT2D eigenvalue weighted by Gasteiger charge is 2.23. The number of rotatable bonds is 1. The van der Waals surface area contributed by atoms with Crippen molar-refractivity contribution in [2.24, 2.45) is 5.73 Å². The summed E-state index contributed by atoms with van der Waals surface area (Å²) in [5.41, 5.74) is 6.29. The van der Waals surface area contributed by atoms with Gasteiger partial charge in [-0.05, 0) is 12.1 Å². The maximum absolute atomic E-state index is 8.67. The summed E-state index contributed by atoms with van der Waals surface area (Å²) in [5.74, 6) is 0.848. The molecule has 2 rings (SSSR count). The Labute approximate surface area is 76.6 Å². The summed E-state index contributed by atoms with van der Waals surface area (Å²) in [6, 6.07) is 5.82. The second-order valence-electron chi connectivity index (χ2n) is 3.18. The maximum Gasteiger partial charge on any atom is 0.129 e. The zero-order valence-electron chi connectivity index (χ0n) is 7.14. The lowest BCUT2D eigenvalue weighted by molar-refractivity contribution is 0.514. The topological polar surface area (TPSA) is 65.9 Å². The van der Waals surface area contributed by atoms with Gasteiger partial charge in [0.25, 0.3) is 0 Å². The van der Waals surface area contributed by atoms with Crippen molar-refractivity contribution < 1.29 is 0 Å². The van der Waals surface area contributed by atoms with Gasteiger partial charge in [0.15, 0.2) is 0 Å². The zero-order chi connectivity index (χ0) is 9.26. The van der Waals surface area contributed by atoms with Crippen LogP contribution in [0.25, 0.3) is 0 Å². The smallest absolute Gasteiger partial charge is 0.129 e. The minimum absolute atomic E-state index is 0.257. The lowest BCUT2D eigenvalue weighted by Crippen LogP contribution is -2.56. The highest BCUT2D eigenvalue weighted by atomic mass is 15.3. The van der Waals surface area contributed by atoms with Gasteiger partial charge in [-0.25, -0.2) is 4.98 Å². The van der Waals surface area contributed by atoms with Gasteiger partial charge >= 0.3 is 0 Å². The third-order valence-corrected chi connectivity index (χ3v) is 2.11. The van der Waals surface area contributed by atoms with Crippen LogP contribution < -0.4 is 10.6 Å². The van der Waals surface area contributed by atoms with Gasteiger partial charge < -0.3 is 10.6 Å². The average Bonchev–Trinajstić information content (AvgIpc) is 2.13. The van der Waals surface area contributed by atoms with Crippen LogP contribution in [0.3, 0.4) is 0 Å². The van der Waals surface area contributed by atoms with E-state index in [1.165, 1.54) is 0 Å². The molecule has 1 aliphatic heterocycles. The summed E-state index contributed by atoms with van der Waals surface area (Å²) in [6.45, 7) is 1.67. The van der Waals surface area contributed by atoms with Crippen LogP contribution in [0.4, 0.5) is 5.82 Å². The number of nitrogens with zero attached hydrogens (tertiary/aromatic N) is 3. The third kappa shape index (κ3) is 1.46. The third-order valence-electron chi connectivity index (χ3n) is 2.11. The summed E-state index contributed by atoms with van der Waals surface area (Å²) in [4.78, 5) is 6.22. The van der Waals surface area contributed by atoms with E-state index >= 15 is 0 Å². The molecule has 1 aromatic rings. The highest BCUT2D eigenvalue weighted by Crippen LogP contribution is 2.17. The summed E-state index contributed by atoms with van der Waals surface area (Å²) in [6.07, 6.45) is 1.65. The number of hydrogen-bond acceptors (Lipinski definition) is 4. The Morgan fingerprint density at radius 1 is 1.62 bits per heavy atom. The predicted molar refractivity (Wildman–Crippen MR) is 49.1 cm³/mol. The van der Waals surface area contributed by atoms with E-state index < -0.39 is 0 Å². The first-order chi connectivity index (χ1) is 6.29. The number of pyridine rings is 1. The van der Waals surface area contributed by atoms with Crippen LogP contribution in [0, 0.1) is 11.3 Å². The van der Waals surface area contributed by atoms with Crippen molar-refractivity contribution in [2.45, 2.75) is 6.04 Å². The SMILES string of the molecule is N#Cc1ccnc(N2CC(N)C2)c1. The van der Waals surface area contributed by atoms with Gasteiger partial charge in [-0.2, -0.15) is 5.26 Å². The van der Waals surface area contributed by atoms with Crippen molar-refractivity contribution in [1.82, 2.24) is 4.98 Å². The van der Waals surface area contributed by atoms with Crippen LogP contribution in [-0.2, 0) is 0 Å². The summed E-state index contributed by atoms with van der Waals surface area (Å²) < 4.78 is 0. The standard InChI is InChI=1S/C9H10N4/c10-4-7-1-2-12-9(3-7)13-5-8(11)6-13/h1-3,8H,5-6,11H2. The van der Waals surface area contributed by atoms with E-state index in [1.807, 2.05) is 0 Å². The van der Waals surface area contributed by atoms with Crippen LogP contribution in [0.5, 0.6) is 0 Å². The molecular formula is C9H10N4. The molecule has 1 aliphatic rings. The minimum Gasteiger partial charge on any atom is -0.353 e. The van der Waals surface area contributed by atoms with Gasteiger partial charge in [-0.1, -0.05) is 0 Å². The molecule has 0 amide bonds. The van der Waals surface area contributed by atoms with E-state index in [-0.39, 0.29) is 6.04 Å². The first-order valence-electron chi connectivity index (χ1n) is 4.16. The quantitative estimate of drug-likeness (QED) is 0.655. The van der Waals surface area contributed by atoms with Gasteiger partial charge in [0, 0.05) is 25.3 Å². The molecule has 0 aliphatic carbocycles. The summed E-state index contributed by atoms with van der Waals surface area (Å²) in [7, 11) is 0. The molecule has 4 nitrogen and oxygen atoms in total. The number of nitriles is 1. The Hall–Kier alpha value is -1.60. The summed E-state index contributed by atoms with van der Waals surface area (Å²) >= 11 is 0. The molecule has 2 heterocycles. The molecule has 0 unspecified atom stereocenters. The van der Waals surface area contributed by atoms with Crippen LogP contribution >= 0.6 is 0 Å². The molecule has 0 atom stereocenters. The zero-order valence-corrected chi connectivity index (χ0v) is 7.14. The number of nitrogens with two attached hydrogens (primary N) is 1. The molecule has 0 saturated carbocycles. The van der Waals surface area contributed by atoms with E-state index in [9.17, 15) is 0 Å². The van der Waals surface area contributed by atoms with Gasteiger partial charge in [0.05, 0.1) is 11.6 Å². The number of hydrogen-bond donors (Lipinski definition) is 1. The molecule has 0 radical (unpaired) electrons. The van der Waals surface area contributed by atoms with Crippen LogP contribution in [-0.4, -0.2) is 24.1 Å². The van der Waals surface area contributed by atoms with Crippen molar-refractivity contribution in [3.05, 3.63) is 23.9 Å². The molecule has 66 valence electrons. The maximum atomic E-state index is 8.67. The van der Waals surface area contributed by atoms with E-state index in [0.29, 0.717) is 5.56 Å². The molecule has 1 aromatic heterocycles. The Kier molecular flexibility index (Phi) is 1.87. The lowest BCUT2D eigenvalue weighted by atomic mass is 10.1. The van der Waals surface area contributed by atoms with Gasteiger partial charge in [-0.3, -0.25) is 0 Å². The first kappa shape index (κ1) is 8.02. The molecule has 2 N–H and O–H groups in total. The average molecular weight is 174 g/mol. The lowest BCUT2D eigenvalue weighted by Gasteiger charge is -2.37. The first-order valence-corrected chi connectivity index (χ1v) is 4.16. The van der Waals surface area contributed by atoms with Gasteiger partial charge in [-0.15, -0.1) is 0 Å². The fourth-order valence-corrected chi connectivity index (χ4v) is 1.36. The van der Waals surface area contributed by atoms with Crippen LogP contribution in [0.15, 0.2) is 18.3 Å². The van der Waals surface area contributed by atoms with E-state index in [1.54, 1.807) is 18.3 Å². The van der Waals surface area contributed by atoms with E-state index in [0.717, 1.165) is 18.9 Å². The van der Waals surface area contributed by atoms with Crippen molar-refractivity contribution in [3.63, 3.8) is 0 Å². The monoisotopic (exact) mass is 174 g/mol. The van der Waals surface area contributed by atoms with Gasteiger partial charge in [0.1, 0.15) is 5.82 Å². The van der Waals surface area contributed by atoms with Crippen molar-refractivity contribution >= 4 is 5.82 Å². The normalized spacial score (nSPS) is 16.5. The Morgan fingerprint density at radius 3 is 3.00 bits per heavy atom. The van der Waals surface area contributed by atoms with Crippen LogP contribution in [0.1, 0.15) is 5.56 Å². The number of anilines is 1. The largest absolute Gasteiger partial charge is 0.353 e. The molecule has 1 fully saturated rings. The highest BCUT2D eigenvalue weighted by molar-refractivity contribution is 5.47. The summed E-state index contributed by atoms with van der Waals surface area (Å²) in [5, 5.41) is 8.67. The Bertz CT molecular complexity index is 349. The minimum atomic E-state index is 0.257. The Balaban J connectivity index is 2.18. The fourth-order valence-electron chi connectivity index (χ4n) is 1.36. The number of aromatic nitrogens is 1. The molecule has 0 aromatic carbocycles. The predicted octanol–water partition coefficient (Wildman–Crippen LogP) is 0.101. The molecule has 1 saturated heterocycles. The van der Waals surface area contributed by atoms with Crippen LogP contribution in [0.2, 0.25) is 0 Å². The van der Waals surface area contributed by atoms with Crippen molar-refractivity contribution in [3.8, 4) is 6.07 Å². The Morgan fingerprint density at radius 2 is 2.38 bits per heavy atom. The fraction of sp³-hybridized carbons (Fsp3) is 0.333. The van der Waals surface area contributed by atoms with E-state index in [4.69, 9.17) is 11.0 Å². The molecule has 0 spiro atoms.